The normalized spacial score (nSPS) is 21.0. The van der Waals surface area contributed by atoms with Gasteiger partial charge in [0.05, 0.1) is 13.1 Å². The van der Waals surface area contributed by atoms with Crippen molar-refractivity contribution < 1.29 is 13.7 Å². The van der Waals surface area contributed by atoms with Crippen LogP contribution in [0.5, 0.6) is 0 Å². The summed E-state index contributed by atoms with van der Waals surface area (Å²) in [4.78, 5) is 20.3. The molecule has 2 aliphatic rings. The van der Waals surface area contributed by atoms with Crippen LogP contribution in [0.1, 0.15) is 55.6 Å². The smallest absolute Gasteiger partial charge is 0.230 e. The van der Waals surface area contributed by atoms with Crippen molar-refractivity contribution >= 4 is 5.91 Å². The van der Waals surface area contributed by atoms with Crippen LogP contribution in [-0.2, 0) is 17.9 Å². The van der Waals surface area contributed by atoms with Crippen molar-refractivity contribution in [2.45, 2.75) is 58.2 Å². The molecule has 1 atom stereocenters. The Morgan fingerprint density at radius 3 is 2.84 bits per heavy atom. The van der Waals surface area contributed by atoms with Crippen LogP contribution >= 0.6 is 0 Å². The zero-order valence-corrected chi connectivity index (χ0v) is 14.5. The third-order valence-electron chi connectivity index (χ3n) is 4.74. The maximum absolute atomic E-state index is 12.1. The van der Waals surface area contributed by atoms with Crippen LogP contribution in [0.15, 0.2) is 8.94 Å². The summed E-state index contributed by atoms with van der Waals surface area (Å²) in [6, 6.07) is 0.127. The first-order valence-electron chi connectivity index (χ1n) is 8.69. The summed E-state index contributed by atoms with van der Waals surface area (Å²) in [5, 5.41) is 12.2. The van der Waals surface area contributed by atoms with Crippen LogP contribution in [-0.4, -0.2) is 55.2 Å². The molecular weight excluding hydrogens is 324 g/mol. The van der Waals surface area contributed by atoms with Crippen LogP contribution in [0, 0.1) is 6.92 Å². The Labute approximate surface area is 145 Å². The van der Waals surface area contributed by atoms with Crippen LogP contribution in [0.25, 0.3) is 0 Å². The molecule has 1 saturated carbocycles. The predicted octanol–water partition coefficient (Wildman–Crippen LogP) is 1.26. The van der Waals surface area contributed by atoms with Crippen molar-refractivity contribution in [2.24, 2.45) is 0 Å². The Bertz CT molecular complexity index is 753. The molecule has 0 unspecified atom stereocenters. The average molecular weight is 346 g/mol. The molecule has 2 fully saturated rings. The second-order valence-corrected chi connectivity index (χ2v) is 6.86. The van der Waals surface area contributed by atoms with Gasteiger partial charge in [-0.1, -0.05) is 5.16 Å². The monoisotopic (exact) mass is 346 g/mol. The first-order chi connectivity index (χ1) is 12.1. The molecule has 9 nitrogen and oxygen atoms in total. The van der Waals surface area contributed by atoms with Gasteiger partial charge >= 0.3 is 0 Å². The van der Waals surface area contributed by atoms with Crippen LogP contribution in [0.3, 0.4) is 0 Å². The number of amides is 1. The molecule has 2 aromatic heterocycles. The molecule has 0 N–H and O–H groups in total. The Balaban J connectivity index is 1.36. The molecule has 0 aromatic carbocycles. The van der Waals surface area contributed by atoms with Crippen LogP contribution < -0.4 is 0 Å². The van der Waals surface area contributed by atoms with Gasteiger partial charge in [0, 0.05) is 38.9 Å². The highest BCUT2D eigenvalue weighted by Crippen LogP contribution is 2.39. The summed E-state index contributed by atoms with van der Waals surface area (Å²) in [7, 11) is 0. The number of carbonyl (C=O) groups is 1. The van der Waals surface area contributed by atoms with Gasteiger partial charge in [-0.15, -0.1) is 10.2 Å². The Hall–Kier alpha value is -2.29. The molecule has 4 rings (SSSR count). The number of hydrogen-bond donors (Lipinski definition) is 0. The van der Waals surface area contributed by atoms with Gasteiger partial charge < -0.3 is 13.8 Å². The molecule has 0 spiro atoms. The molecule has 3 heterocycles. The molecule has 25 heavy (non-hydrogen) atoms. The fourth-order valence-electron chi connectivity index (χ4n) is 3.28. The van der Waals surface area contributed by atoms with Crippen molar-refractivity contribution in [3.63, 3.8) is 0 Å². The number of carbonyl (C=O) groups excluding carboxylic acids is 1. The van der Waals surface area contributed by atoms with Gasteiger partial charge in [-0.3, -0.25) is 9.69 Å². The third-order valence-corrected chi connectivity index (χ3v) is 4.74. The van der Waals surface area contributed by atoms with E-state index < -0.39 is 0 Å². The first kappa shape index (κ1) is 16.2. The minimum atomic E-state index is 0.0168. The van der Waals surface area contributed by atoms with E-state index in [2.05, 4.69) is 25.2 Å². The average Bonchev–Trinajstić information content (AvgIpc) is 2.95. The van der Waals surface area contributed by atoms with Gasteiger partial charge in [0.25, 0.3) is 0 Å². The second kappa shape index (κ2) is 6.55. The van der Waals surface area contributed by atoms with E-state index >= 15 is 0 Å². The van der Waals surface area contributed by atoms with Crippen LogP contribution in [0.4, 0.5) is 0 Å². The summed E-state index contributed by atoms with van der Waals surface area (Å²) >= 11 is 0. The van der Waals surface area contributed by atoms with E-state index in [1.807, 2.05) is 4.90 Å². The summed E-state index contributed by atoms with van der Waals surface area (Å²) in [6.45, 7) is 5.99. The number of likely N-dealkylation sites (tertiary alicyclic amines) is 1. The van der Waals surface area contributed by atoms with Gasteiger partial charge in [-0.05, 0) is 19.3 Å². The number of rotatable bonds is 6. The van der Waals surface area contributed by atoms with Crippen molar-refractivity contribution in [3.8, 4) is 0 Å². The van der Waals surface area contributed by atoms with E-state index in [4.69, 9.17) is 8.94 Å². The predicted molar refractivity (Wildman–Crippen MR) is 85.2 cm³/mol. The highest BCUT2D eigenvalue weighted by molar-refractivity contribution is 5.73. The minimum Gasteiger partial charge on any atom is -0.424 e. The Morgan fingerprint density at radius 2 is 2.16 bits per heavy atom. The molecule has 0 radical (unpaired) electrons. The van der Waals surface area contributed by atoms with Gasteiger partial charge in [0.2, 0.25) is 23.6 Å². The molecular formula is C16H22N6O3. The Kier molecular flexibility index (Phi) is 4.24. The second-order valence-electron chi connectivity index (χ2n) is 6.86. The number of aromatic nitrogens is 4. The van der Waals surface area contributed by atoms with Gasteiger partial charge in [-0.25, -0.2) is 0 Å². The van der Waals surface area contributed by atoms with E-state index in [0.717, 1.165) is 38.2 Å². The van der Waals surface area contributed by atoms with E-state index in [-0.39, 0.29) is 11.9 Å². The van der Waals surface area contributed by atoms with Crippen molar-refractivity contribution in [3.05, 3.63) is 23.5 Å². The number of hydrogen-bond acceptors (Lipinski definition) is 8. The molecule has 2 aromatic rings. The van der Waals surface area contributed by atoms with E-state index in [9.17, 15) is 4.79 Å². The standard InChI is InChI=1S/C16H22N6O3/c1-10-17-14(20-25-10)8-22(11(2)23)13-5-6-21(7-13)9-15-18-19-16(24-15)12-3-4-12/h12-13H,3-9H2,1-2H3/t13-/m0/s1. The zero-order chi connectivity index (χ0) is 17.4. The van der Waals surface area contributed by atoms with E-state index in [0.29, 0.717) is 36.6 Å². The lowest BCUT2D eigenvalue weighted by molar-refractivity contribution is -0.131. The molecule has 134 valence electrons. The van der Waals surface area contributed by atoms with Gasteiger partial charge in [-0.2, -0.15) is 4.98 Å². The number of aryl methyl sites for hydroxylation is 1. The van der Waals surface area contributed by atoms with Gasteiger partial charge in [0.1, 0.15) is 0 Å². The highest BCUT2D eigenvalue weighted by Gasteiger charge is 2.32. The SMILES string of the molecule is CC(=O)N(Cc1noc(C)n1)[C@H]1CCN(Cc2nnc(C3CC3)o2)C1. The van der Waals surface area contributed by atoms with E-state index in [1.54, 1.807) is 13.8 Å². The lowest BCUT2D eigenvalue weighted by Gasteiger charge is -2.26. The van der Waals surface area contributed by atoms with Crippen molar-refractivity contribution in [2.75, 3.05) is 13.1 Å². The highest BCUT2D eigenvalue weighted by atomic mass is 16.5. The molecule has 1 amide bonds. The lowest BCUT2D eigenvalue weighted by atomic mass is 10.2. The topological polar surface area (TPSA) is 101 Å². The zero-order valence-electron chi connectivity index (χ0n) is 14.5. The maximum Gasteiger partial charge on any atom is 0.230 e. The molecule has 1 saturated heterocycles. The molecule has 1 aliphatic heterocycles. The largest absolute Gasteiger partial charge is 0.424 e. The maximum atomic E-state index is 12.1. The van der Waals surface area contributed by atoms with E-state index in [1.165, 1.54) is 0 Å². The summed E-state index contributed by atoms with van der Waals surface area (Å²) < 4.78 is 10.7. The lowest BCUT2D eigenvalue weighted by Crippen LogP contribution is -2.40. The third kappa shape index (κ3) is 3.71. The van der Waals surface area contributed by atoms with Crippen LogP contribution in [0.2, 0.25) is 0 Å². The fraction of sp³-hybridized carbons (Fsp3) is 0.688. The molecule has 9 heteroatoms. The first-order valence-corrected chi connectivity index (χ1v) is 8.69. The van der Waals surface area contributed by atoms with Gasteiger partial charge in [0.15, 0.2) is 5.82 Å². The Morgan fingerprint density at radius 1 is 1.32 bits per heavy atom. The molecule has 0 bridgehead atoms. The van der Waals surface area contributed by atoms with Crippen molar-refractivity contribution in [1.82, 2.24) is 30.1 Å². The van der Waals surface area contributed by atoms with Crippen molar-refractivity contribution in [1.29, 1.82) is 0 Å². The summed E-state index contributed by atoms with van der Waals surface area (Å²) in [6.07, 6.45) is 3.20. The fourth-order valence-corrected chi connectivity index (χ4v) is 3.28. The minimum absolute atomic E-state index is 0.0168. The summed E-state index contributed by atoms with van der Waals surface area (Å²) in [5.74, 6) is 2.96. The molecule has 1 aliphatic carbocycles. The quantitative estimate of drug-likeness (QED) is 0.770. The summed E-state index contributed by atoms with van der Waals surface area (Å²) in [5.41, 5.74) is 0. The number of nitrogens with zero attached hydrogens (tertiary/aromatic N) is 6.